The fraction of sp³-hybridized carbons (Fsp3) is 0.0625. The fourth-order valence-corrected chi connectivity index (χ4v) is 4.23. The van der Waals surface area contributed by atoms with Crippen LogP contribution in [-0.4, -0.2) is 25.9 Å². The molecule has 3 aromatic rings. The molecule has 0 saturated carbocycles. The highest BCUT2D eigenvalue weighted by molar-refractivity contribution is 9.10. The van der Waals surface area contributed by atoms with Gasteiger partial charge in [0.05, 0.1) is 16.7 Å². The van der Waals surface area contributed by atoms with Crippen LogP contribution in [0.3, 0.4) is 0 Å². The lowest BCUT2D eigenvalue weighted by atomic mass is 10.3. The summed E-state index contributed by atoms with van der Waals surface area (Å²) in [6.07, 6.45) is 0. The molecule has 0 radical (unpaired) electrons. The van der Waals surface area contributed by atoms with Gasteiger partial charge in [0.1, 0.15) is 0 Å². The first-order chi connectivity index (χ1) is 11.6. The van der Waals surface area contributed by atoms with Crippen LogP contribution in [0.15, 0.2) is 58.2 Å². The molecule has 4 rings (SSSR count). The molecule has 25 heavy (non-hydrogen) atoms. The van der Waals surface area contributed by atoms with Crippen LogP contribution in [0.1, 0.15) is 4.79 Å². The molecular weight excluding hydrogens is 444 g/mol. The van der Waals surface area contributed by atoms with E-state index in [0.29, 0.717) is 10.3 Å². The molecule has 0 fully saturated rings. The second kappa shape index (κ2) is 7.33. The number of hydrogen-bond donors (Lipinski definition) is 2. The molecule has 1 aliphatic heterocycles. The van der Waals surface area contributed by atoms with E-state index in [1.807, 2.05) is 48.5 Å². The van der Waals surface area contributed by atoms with E-state index in [9.17, 15) is 4.79 Å². The minimum atomic E-state index is -0.486. The number of para-hydroxylation sites is 3. The van der Waals surface area contributed by atoms with Crippen molar-refractivity contribution in [3.05, 3.63) is 53.0 Å². The van der Waals surface area contributed by atoms with E-state index in [1.54, 1.807) is 4.57 Å². The maximum atomic E-state index is 12.7. The first-order valence-corrected chi connectivity index (χ1v) is 9.22. The number of thioether (sulfide) groups is 1. The number of nitrogens with one attached hydrogen (secondary N) is 2. The highest BCUT2D eigenvalue weighted by atomic mass is 79.9. The van der Waals surface area contributed by atoms with Gasteiger partial charge in [0.25, 0.3) is 5.91 Å². The number of hydrogen-bond acceptors (Lipinski definition) is 4. The van der Waals surface area contributed by atoms with Crippen LogP contribution in [0.5, 0.6) is 0 Å². The van der Waals surface area contributed by atoms with Crippen molar-refractivity contribution in [3.8, 4) is 0 Å². The van der Waals surface area contributed by atoms with Crippen LogP contribution in [0, 0.1) is 0 Å². The molecule has 0 amide bonds. The van der Waals surface area contributed by atoms with Gasteiger partial charge in [-0.25, -0.2) is 4.98 Å². The Morgan fingerprint density at radius 1 is 1.20 bits per heavy atom. The number of aromatic nitrogens is 2. The van der Waals surface area contributed by atoms with Crippen molar-refractivity contribution in [2.75, 3.05) is 5.32 Å². The number of carbonyl (C=O) groups is 1. The summed E-state index contributed by atoms with van der Waals surface area (Å²) in [6, 6.07) is 15.3. The van der Waals surface area contributed by atoms with Crippen molar-refractivity contribution in [1.82, 2.24) is 14.9 Å². The number of rotatable bonds is 2. The fourth-order valence-electron chi connectivity index (χ4n) is 2.50. The van der Waals surface area contributed by atoms with Gasteiger partial charge in [-0.05, 0) is 52.4 Å². The summed E-state index contributed by atoms with van der Waals surface area (Å²) in [5.74, 6) is -0.0695. The Kier molecular flexibility index (Phi) is 5.33. The van der Waals surface area contributed by atoms with E-state index in [-0.39, 0.29) is 18.3 Å². The lowest BCUT2D eigenvalue weighted by molar-refractivity contribution is 0.0910. The van der Waals surface area contributed by atoms with Crippen LogP contribution in [0.4, 0.5) is 5.69 Å². The number of halogens is 2. The summed E-state index contributed by atoms with van der Waals surface area (Å²) in [4.78, 5) is 17.2. The van der Waals surface area contributed by atoms with Crippen LogP contribution >= 0.6 is 52.3 Å². The zero-order chi connectivity index (χ0) is 16.7. The van der Waals surface area contributed by atoms with Gasteiger partial charge in [-0.3, -0.25) is 9.36 Å². The Hall–Kier alpha value is -1.61. The van der Waals surface area contributed by atoms with Gasteiger partial charge >= 0.3 is 0 Å². The van der Waals surface area contributed by atoms with E-state index >= 15 is 0 Å². The van der Waals surface area contributed by atoms with Crippen molar-refractivity contribution in [3.63, 3.8) is 0 Å². The standard InChI is InChI=1S/C16H11BrN4OS2.ClH/c17-9-5-1-2-6-10(9)18-15(23)20-13-14(22)21-12-8-4-3-7-11(12)19-16(21)24-13;/h1-8,13H,(H2,18,20,23);1H. The number of carbonyl (C=O) groups excluding carboxylic acids is 1. The first-order valence-electron chi connectivity index (χ1n) is 7.14. The third-order valence-corrected chi connectivity index (χ3v) is 5.53. The molecule has 0 saturated heterocycles. The lowest BCUT2D eigenvalue weighted by Gasteiger charge is -2.14. The summed E-state index contributed by atoms with van der Waals surface area (Å²) < 4.78 is 2.54. The summed E-state index contributed by atoms with van der Waals surface area (Å²) in [5.41, 5.74) is 2.48. The Labute approximate surface area is 168 Å². The van der Waals surface area contributed by atoms with Crippen molar-refractivity contribution in [2.45, 2.75) is 10.5 Å². The highest BCUT2D eigenvalue weighted by Gasteiger charge is 2.34. The van der Waals surface area contributed by atoms with Gasteiger partial charge in [-0.2, -0.15) is 0 Å². The summed E-state index contributed by atoms with van der Waals surface area (Å²) in [5, 5.41) is 6.73. The number of imidazole rings is 1. The van der Waals surface area contributed by atoms with Gasteiger partial charge in [0.2, 0.25) is 0 Å². The molecule has 1 aromatic heterocycles. The second-order valence-corrected chi connectivity index (χ2v) is 7.47. The molecule has 0 bridgehead atoms. The normalized spacial score (nSPS) is 15.6. The average Bonchev–Trinajstić information content (AvgIpc) is 3.07. The van der Waals surface area contributed by atoms with E-state index in [4.69, 9.17) is 12.2 Å². The number of anilines is 1. The van der Waals surface area contributed by atoms with E-state index in [2.05, 4.69) is 31.5 Å². The Morgan fingerprint density at radius 3 is 2.72 bits per heavy atom. The third kappa shape index (κ3) is 3.39. The maximum absolute atomic E-state index is 12.7. The molecule has 1 atom stereocenters. The van der Waals surface area contributed by atoms with Crippen molar-refractivity contribution in [2.24, 2.45) is 0 Å². The minimum absolute atomic E-state index is 0. The van der Waals surface area contributed by atoms with Gasteiger partial charge in [-0.1, -0.05) is 36.0 Å². The number of nitrogens with zero attached hydrogens (tertiary/aromatic N) is 2. The number of fused-ring (bicyclic) bond motifs is 3. The molecule has 5 nitrogen and oxygen atoms in total. The Balaban J connectivity index is 0.00000182. The summed E-state index contributed by atoms with van der Waals surface area (Å²) in [6.45, 7) is 0. The molecule has 0 aliphatic carbocycles. The molecule has 0 spiro atoms. The molecule has 128 valence electrons. The van der Waals surface area contributed by atoms with Gasteiger partial charge in [-0.15, -0.1) is 12.4 Å². The van der Waals surface area contributed by atoms with Crippen molar-refractivity contribution < 1.29 is 4.79 Å². The van der Waals surface area contributed by atoms with Gasteiger partial charge < -0.3 is 10.6 Å². The molecule has 1 unspecified atom stereocenters. The largest absolute Gasteiger partial charge is 0.342 e. The monoisotopic (exact) mass is 454 g/mol. The third-order valence-electron chi connectivity index (χ3n) is 3.58. The topological polar surface area (TPSA) is 59.0 Å². The lowest BCUT2D eigenvalue weighted by Crippen LogP contribution is -2.40. The molecule has 1 aliphatic rings. The van der Waals surface area contributed by atoms with E-state index < -0.39 is 5.37 Å². The van der Waals surface area contributed by atoms with Gasteiger partial charge in [0.15, 0.2) is 15.6 Å². The van der Waals surface area contributed by atoms with Crippen LogP contribution in [0.2, 0.25) is 0 Å². The minimum Gasteiger partial charge on any atom is -0.342 e. The molecule has 2 aromatic carbocycles. The quantitative estimate of drug-likeness (QED) is 0.563. The molecule has 2 N–H and O–H groups in total. The van der Waals surface area contributed by atoms with Crippen LogP contribution in [-0.2, 0) is 0 Å². The SMILES string of the molecule is Cl.O=C1C(NC(=S)Nc2ccccc2Br)Sc2nc3ccccc3n21. The smallest absolute Gasteiger partial charge is 0.266 e. The van der Waals surface area contributed by atoms with Crippen molar-refractivity contribution >= 4 is 80.1 Å². The van der Waals surface area contributed by atoms with E-state index in [1.165, 1.54) is 11.8 Å². The van der Waals surface area contributed by atoms with Gasteiger partial charge in [0, 0.05) is 4.47 Å². The van der Waals surface area contributed by atoms with Crippen molar-refractivity contribution in [1.29, 1.82) is 0 Å². The first kappa shape index (κ1) is 18.2. The summed E-state index contributed by atoms with van der Waals surface area (Å²) >= 11 is 10.2. The zero-order valence-corrected chi connectivity index (χ0v) is 16.6. The zero-order valence-electron chi connectivity index (χ0n) is 12.6. The second-order valence-electron chi connectivity index (χ2n) is 5.13. The number of thiocarbonyl (C=S) groups is 1. The maximum Gasteiger partial charge on any atom is 0.266 e. The summed E-state index contributed by atoms with van der Waals surface area (Å²) in [7, 11) is 0. The van der Waals surface area contributed by atoms with E-state index in [0.717, 1.165) is 21.2 Å². The molecule has 2 heterocycles. The van der Waals surface area contributed by atoms with Crippen LogP contribution in [0.25, 0.3) is 11.0 Å². The average molecular weight is 456 g/mol. The highest BCUT2D eigenvalue weighted by Crippen LogP contribution is 2.33. The predicted octanol–water partition coefficient (Wildman–Crippen LogP) is 4.28. The molecule has 9 heteroatoms. The Morgan fingerprint density at radius 2 is 1.92 bits per heavy atom. The Bertz CT molecular complexity index is 978. The molecular formula is C16H12BrClN4OS2. The number of benzene rings is 2. The predicted molar refractivity (Wildman–Crippen MR) is 111 cm³/mol. The van der Waals surface area contributed by atoms with Crippen LogP contribution < -0.4 is 10.6 Å².